The molecule has 15 rings (SSSR count). The number of benzene rings is 8. The van der Waals surface area contributed by atoms with Crippen LogP contribution in [0.15, 0.2) is 133 Å². The van der Waals surface area contributed by atoms with Crippen molar-refractivity contribution in [1.29, 1.82) is 0 Å². The van der Waals surface area contributed by atoms with E-state index in [4.69, 9.17) is 0 Å². The lowest BCUT2D eigenvalue weighted by Gasteiger charge is -2.46. The molecule has 0 amide bonds. The van der Waals surface area contributed by atoms with Gasteiger partial charge in [0.15, 0.2) is 0 Å². The van der Waals surface area contributed by atoms with E-state index in [0.717, 1.165) is 0 Å². The van der Waals surface area contributed by atoms with E-state index in [1.807, 2.05) is 22.7 Å². The summed E-state index contributed by atoms with van der Waals surface area (Å²) in [6, 6.07) is 52.7. The summed E-state index contributed by atoms with van der Waals surface area (Å²) >= 11 is 5.98. The Bertz CT molecular complexity index is 4180. The fraction of sp³-hybridized carbons (Fsp3) is 0.262. The van der Waals surface area contributed by atoms with Gasteiger partial charge in [-0.25, -0.2) is 0 Å². The number of fused-ring (bicyclic) bond motifs is 16. The Hall–Kier alpha value is -5.92. The largest absolute Gasteiger partial charge is 0.375 e. The van der Waals surface area contributed by atoms with E-state index >= 15 is 0 Å². The molecule has 2 nitrogen and oxygen atoms in total. The Labute approximate surface area is 429 Å². The first-order chi connectivity index (χ1) is 34.1. The highest BCUT2D eigenvalue weighted by atomic mass is 32.1. The van der Waals surface area contributed by atoms with Crippen molar-refractivity contribution in [3.05, 3.63) is 161 Å². The van der Waals surface area contributed by atoms with Crippen LogP contribution in [-0.2, 0) is 21.7 Å². The smallest absolute Gasteiger partial charge is 0.343 e. The van der Waals surface area contributed by atoms with Crippen LogP contribution >= 0.6 is 34.0 Å². The molecule has 6 heteroatoms. The molecule has 11 aromatic rings. The molecule has 8 aromatic carbocycles. The molecular weight excluding hydrogens is 916 g/mol. The maximum absolute atomic E-state index is 2.84. The summed E-state index contributed by atoms with van der Waals surface area (Å²) in [4.78, 5) is 5.66. The third-order valence-electron chi connectivity index (χ3n) is 18.0. The maximum Gasteiger partial charge on any atom is 0.343 e. The summed E-state index contributed by atoms with van der Waals surface area (Å²) in [6.45, 7) is 22.2. The minimum absolute atomic E-state index is 0.0433. The van der Waals surface area contributed by atoms with Gasteiger partial charge in [0.25, 0.3) is 0 Å². The van der Waals surface area contributed by atoms with E-state index in [1.165, 1.54) is 165 Å². The van der Waals surface area contributed by atoms with Gasteiger partial charge in [0, 0.05) is 73.1 Å². The average molecular weight is 973 g/mol. The molecule has 0 bridgehead atoms. The van der Waals surface area contributed by atoms with Gasteiger partial charge in [-0.15, -0.1) is 34.0 Å². The second-order valence-corrected chi connectivity index (χ2v) is 27.4. The van der Waals surface area contributed by atoms with Crippen LogP contribution in [0.2, 0.25) is 0 Å². The van der Waals surface area contributed by atoms with Crippen LogP contribution in [0, 0.1) is 6.92 Å². The fourth-order valence-corrected chi connectivity index (χ4v) is 17.5. The molecule has 0 spiro atoms. The lowest BCUT2D eigenvalue weighted by atomic mass is 9.46. The predicted octanol–water partition coefficient (Wildman–Crippen LogP) is 18.5. The highest BCUT2D eigenvalue weighted by Gasteiger charge is 2.50. The number of hydrogen-bond acceptors (Lipinski definition) is 5. The summed E-state index contributed by atoms with van der Waals surface area (Å²) in [5, 5.41) is 9.30. The number of aryl methyl sites for hydroxylation is 1. The number of hydrogen-bond donors (Lipinski definition) is 0. The van der Waals surface area contributed by atoms with E-state index in [1.54, 1.807) is 0 Å². The topological polar surface area (TPSA) is 6.48 Å². The molecule has 5 heterocycles. The fourth-order valence-electron chi connectivity index (χ4n) is 13.8. The van der Waals surface area contributed by atoms with Gasteiger partial charge >= 0.3 is 6.85 Å². The molecule has 0 atom stereocenters. The maximum atomic E-state index is 2.84. The van der Waals surface area contributed by atoms with Crippen LogP contribution in [0.5, 0.6) is 0 Å². The van der Waals surface area contributed by atoms with Crippen molar-refractivity contribution in [2.24, 2.45) is 0 Å². The van der Waals surface area contributed by atoms with Crippen molar-refractivity contribution >= 4 is 141 Å². The van der Waals surface area contributed by atoms with Crippen LogP contribution in [0.3, 0.4) is 0 Å². The van der Waals surface area contributed by atoms with E-state index in [-0.39, 0.29) is 28.5 Å². The van der Waals surface area contributed by atoms with Gasteiger partial charge < -0.3 is 9.71 Å². The van der Waals surface area contributed by atoms with Crippen LogP contribution in [0.1, 0.15) is 109 Å². The molecule has 348 valence electrons. The van der Waals surface area contributed by atoms with Crippen LogP contribution in [0.4, 0.5) is 28.4 Å². The van der Waals surface area contributed by atoms with Crippen molar-refractivity contribution < 1.29 is 0 Å². The molecule has 0 saturated heterocycles. The minimum Gasteiger partial charge on any atom is -0.375 e. The molecule has 4 aliphatic rings. The summed E-state index contributed by atoms with van der Waals surface area (Å²) in [7, 11) is 0. The summed E-state index contributed by atoms with van der Waals surface area (Å²) in [6.07, 6.45) is 4.73. The van der Waals surface area contributed by atoms with Crippen LogP contribution < -0.4 is 20.0 Å². The lowest BCUT2D eigenvalue weighted by molar-refractivity contribution is 0.332. The van der Waals surface area contributed by atoms with E-state index in [2.05, 4.69) is 217 Å². The molecule has 2 aliphatic heterocycles. The van der Waals surface area contributed by atoms with Crippen molar-refractivity contribution in [3.63, 3.8) is 0 Å². The Balaban J connectivity index is 1.16. The van der Waals surface area contributed by atoms with Gasteiger partial charge in [0.05, 0.1) is 16.1 Å². The van der Waals surface area contributed by atoms with Gasteiger partial charge in [-0.05, 0) is 165 Å². The third kappa shape index (κ3) is 5.76. The van der Waals surface area contributed by atoms with E-state index in [0.29, 0.717) is 0 Å². The number of thiophene rings is 3. The zero-order chi connectivity index (χ0) is 48.2. The highest BCUT2D eigenvalue weighted by Crippen LogP contribution is 2.59. The van der Waals surface area contributed by atoms with Gasteiger partial charge in [-0.3, -0.25) is 0 Å². The Kier molecular flexibility index (Phi) is 8.54. The lowest BCUT2D eigenvalue weighted by Crippen LogP contribution is -2.60. The molecule has 3 aromatic heterocycles. The average Bonchev–Trinajstić information content (AvgIpc) is 4.05. The van der Waals surface area contributed by atoms with Crippen LogP contribution in [-0.4, -0.2) is 6.85 Å². The van der Waals surface area contributed by atoms with Crippen molar-refractivity contribution in [1.82, 2.24) is 0 Å². The summed E-state index contributed by atoms with van der Waals surface area (Å²) in [5.74, 6) is 0. The van der Waals surface area contributed by atoms with Crippen molar-refractivity contribution in [2.45, 2.75) is 110 Å². The summed E-state index contributed by atoms with van der Waals surface area (Å²) < 4.78 is 8.21. The third-order valence-corrected chi connectivity index (χ3v) is 21.6. The first-order valence-electron chi connectivity index (χ1n) is 25.9. The minimum atomic E-state index is -0.0949. The molecule has 71 heavy (non-hydrogen) atoms. The second kappa shape index (κ2) is 14.2. The standard InChI is InChI=1S/C65H57BN2S3/c1-36-29-45-47(64(6,7)27-25-62(45,2)3)34-50(36)67-58-44-33-46-48(65(8,9)28-26-63(46,4)5)35-55(44)71-61(58)66-57-42(32-43-39-19-12-14-22-52(39)70-60(43)59(57)67)41-30-37-17-10-11-18-38(37)31-51(41)68(66)49-21-16-24-54-56(49)40-20-13-15-23-53(40)69-54/h10-24,29-35H,25-28H2,1-9H3. The van der Waals surface area contributed by atoms with Gasteiger partial charge in [-0.1, -0.05) is 128 Å². The predicted molar refractivity (Wildman–Crippen MR) is 314 cm³/mol. The molecule has 0 radical (unpaired) electrons. The van der Waals surface area contributed by atoms with E-state index < -0.39 is 0 Å². The quantitative estimate of drug-likeness (QED) is 0.159. The number of nitrogens with zero attached hydrogens (tertiary/aromatic N) is 2. The van der Waals surface area contributed by atoms with Crippen LogP contribution in [0.25, 0.3) is 72.3 Å². The normalized spacial score (nSPS) is 18.1. The highest BCUT2D eigenvalue weighted by molar-refractivity contribution is 7.33. The zero-order valence-electron chi connectivity index (χ0n) is 42.2. The molecule has 2 aliphatic carbocycles. The van der Waals surface area contributed by atoms with Crippen molar-refractivity contribution in [2.75, 3.05) is 9.71 Å². The summed E-state index contributed by atoms with van der Waals surface area (Å²) in [5.41, 5.74) is 18.4. The molecular formula is C65H57BN2S3. The Morgan fingerprint density at radius 1 is 0.437 bits per heavy atom. The van der Waals surface area contributed by atoms with E-state index in [9.17, 15) is 0 Å². The second-order valence-electron chi connectivity index (χ2n) is 24.2. The van der Waals surface area contributed by atoms with Crippen molar-refractivity contribution in [3.8, 4) is 11.1 Å². The number of rotatable bonds is 2. The first kappa shape index (κ1) is 42.7. The van der Waals surface area contributed by atoms with Gasteiger partial charge in [0.2, 0.25) is 0 Å². The monoisotopic (exact) mass is 972 g/mol. The Morgan fingerprint density at radius 2 is 1.03 bits per heavy atom. The van der Waals surface area contributed by atoms with Gasteiger partial charge in [0.1, 0.15) is 0 Å². The first-order valence-corrected chi connectivity index (χ1v) is 28.3. The Morgan fingerprint density at radius 3 is 1.75 bits per heavy atom. The molecule has 0 N–H and O–H groups in total. The van der Waals surface area contributed by atoms with Gasteiger partial charge in [-0.2, -0.15) is 0 Å². The molecule has 0 fully saturated rings. The zero-order valence-corrected chi connectivity index (χ0v) is 44.7. The molecule has 0 saturated carbocycles. The SMILES string of the molecule is Cc1cc2c(cc1N1c3c(sc4cc5c(cc34)C(C)(C)CCC5(C)C)B3c4c(cc5c(sc6ccccc65)c41)-c1cc4ccccc4cc1N3c1cccc3sc4ccccc4c13)C(C)(C)CCC2(C)C. The number of anilines is 5. The molecule has 0 unspecified atom stereocenters.